The van der Waals surface area contributed by atoms with Gasteiger partial charge in [-0.15, -0.1) is 0 Å². The van der Waals surface area contributed by atoms with Crippen LogP contribution in [0, 0.1) is 19.7 Å². The number of halogens is 1. The third kappa shape index (κ3) is 3.23. The van der Waals surface area contributed by atoms with Crippen LogP contribution in [0.5, 0.6) is 0 Å². The number of aliphatic hydroxyl groups excluding tert-OH is 1. The Morgan fingerprint density at radius 3 is 2.80 bits per heavy atom. The Bertz CT molecular complexity index is 952. The Kier molecular flexibility index (Phi) is 4.50. The molecular formula is C18H19FN4O2. The van der Waals surface area contributed by atoms with Crippen molar-refractivity contribution in [1.82, 2.24) is 20.1 Å². The summed E-state index contributed by atoms with van der Waals surface area (Å²) in [7, 11) is 1.77. The second-order valence-corrected chi connectivity index (χ2v) is 5.97. The molecule has 7 heteroatoms. The molecule has 0 fully saturated rings. The van der Waals surface area contributed by atoms with Gasteiger partial charge in [0.15, 0.2) is 5.65 Å². The smallest absolute Gasteiger partial charge is 0.252 e. The van der Waals surface area contributed by atoms with E-state index in [-0.39, 0.29) is 18.0 Å². The van der Waals surface area contributed by atoms with Crippen LogP contribution >= 0.6 is 0 Å². The van der Waals surface area contributed by atoms with Gasteiger partial charge in [-0.25, -0.2) is 9.37 Å². The first-order valence-corrected chi connectivity index (χ1v) is 7.90. The number of carbonyl (C=O) groups is 1. The Morgan fingerprint density at radius 2 is 2.08 bits per heavy atom. The average Bonchev–Trinajstić information content (AvgIpc) is 2.86. The summed E-state index contributed by atoms with van der Waals surface area (Å²) in [6, 6.07) is 7.63. The van der Waals surface area contributed by atoms with Crippen molar-refractivity contribution in [3.05, 3.63) is 58.7 Å². The monoisotopic (exact) mass is 342 g/mol. The van der Waals surface area contributed by atoms with Crippen LogP contribution in [-0.4, -0.2) is 32.3 Å². The molecule has 3 aromatic rings. The number of nitrogens with zero attached hydrogens (tertiary/aromatic N) is 3. The standard InChI is InChI=1S/C18H19FN4O2/c1-10-8-13(16-11(2)22-23(3)17(16)21-10)18(25)20-9-15(24)12-6-4-5-7-14(12)19/h4-8,15,24H,9H2,1-3H3,(H,20,25). The molecule has 6 nitrogen and oxygen atoms in total. The maximum atomic E-state index is 13.7. The highest BCUT2D eigenvalue weighted by Gasteiger charge is 2.19. The molecule has 0 aliphatic rings. The van der Waals surface area contributed by atoms with Gasteiger partial charge in [0.1, 0.15) is 5.82 Å². The lowest BCUT2D eigenvalue weighted by atomic mass is 10.1. The van der Waals surface area contributed by atoms with Gasteiger partial charge in [-0.05, 0) is 26.0 Å². The molecule has 0 saturated heterocycles. The molecule has 1 unspecified atom stereocenters. The Hall–Kier alpha value is -2.80. The van der Waals surface area contributed by atoms with Gasteiger partial charge in [0.2, 0.25) is 0 Å². The van der Waals surface area contributed by atoms with Crippen molar-refractivity contribution in [3.63, 3.8) is 0 Å². The van der Waals surface area contributed by atoms with Crippen molar-refractivity contribution in [2.24, 2.45) is 7.05 Å². The summed E-state index contributed by atoms with van der Waals surface area (Å²) in [5, 5.41) is 17.8. The van der Waals surface area contributed by atoms with Crippen LogP contribution in [-0.2, 0) is 7.05 Å². The Balaban J connectivity index is 1.85. The van der Waals surface area contributed by atoms with E-state index in [1.54, 1.807) is 36.9 Å². The van der Waals surface area contributed by atoms with E-state index in [0.29, 0.717) is 28.0 Å². The van der Waals surface area contributed by atoms with E-state index in [9.17, 15) is 14.3 Å². The van der Waals surface area contributed by atoms with E-state index in [1.807, 2.05) is 6.92 Å². The van der Waals surface area contributed by atoms with E-state index < -0.39 is 11.9 Å². The largest absolute Gasteiger partial charge is 0.386 e. The van der Waals surface area contributed by atoms with Gasteiger partial charge in [0, 0.05) is 24.8 Å². The summed E-state index contributed by atoms with van der Waals surface area (Å²) in [6.07, 6.45) is -1.13. The van der Waals surface area contributed by atoms with E-state index in [0.717, 1.165) is 0 Å². The van der Waals surface area contributed by atoms with Gasteiger partial charge in [0.25, 0.3) is 5.91 Å². The lowest BCUT2D eigenvalue weighted by molar-refractivity contribution is 0.0915. The van der Waals surface area contributed by atoms with Crippen molar-refractivity contribution in [2.75, 3.05) is 6.54 Å². The Labute approximate surface area is 144 Å². The molecule has 1 amide bonds. The third-order valence-corrected chi connectivity index (χ3v) is 4.06. The van der Waals surface area contributed by atoms with E-state index >= 15 is 0 Å². The third-order valence-electron chi connectivity index (χ3n) is 4.06. The molecule has 3 rings (SSSR count). The van der Waals surface area contributed by atoms with Gasteiger partial charge >= 0.3 is 0 Å². The number of nitrogens with one attached hydrogen (secondary N) is 1. The van der Waals surface area contributed by atoms with Crippen LogP contribution in [0.2, 0.25) is 0 Å². The first kappa shape index (κ1) is 17.0. The molecule has 0 aliphatic carbocycles. The number of fused-ring (bicyclic) bond motifs is 1. The molecule has 2 N–H and O–H groups in total. The maximum absolute atomic E-state index is 13.7. The molecule has 2 aromatic heterocycles. The Morgan fingerprint density at radius 1 is 1.36 bits per heavy atom. The highest BCUT2D eigenvalue weighted by atomic mass is 19.1. The van der Waals surface area contributed by atoms with Crippen LogP contribution in [0.1, 0.15) is 33.4 Å². The van der Waals surface area contributed by atoms with Gasteiger partial charge in [-0.2, -0.15) is 5.10 Å². The SMILES string of the molecule is Cc1cc(C(=O)NCC(O)c2ccccc2F)c2c(C)nn(C)c2n1. The quantitative estimate of drug-likeness (QED) is 0.762. The zero-order valence-electron chi connectivity index (χ0n) is 14.2. The lowest BCUT2D eigenvalue weighted by Gasteiger charge is -2.13. The molecular weight excluding hydrogens is 323 g/mol. The number of carbonyl (C=O) groups excluding carboxylic acids is 1. The number of aliphatic hydroxyl groups is 1. The predicted octanol–water partition coefficient (Wildman–Crippen LogP) is 2.19. The minimum Gasteiger partial charge on any atom is -0.386 e. The minimum atomic E-state index is -1.13. The fourth-order valence-corrected chi connectivity index (χ4v) is 2.89. The maximum Gasteiger partial charge on any atom is 0.252 e. The summed E-state index contributed by atoms with van der Waals surface area (Å²) >= 11 is 0. The predicted molar refractivity (Wildman–Crippen MR) is 91.7 cm³/mol. The number of aryl methyl sites for hydroxylation is 3. The molecule has 0 aliphatic heterocycles. The number of hydrogen-bond acceptors (Lipinski definition) is 4. The normalized spacial score (nSPS) is 12.4. The van der Waals surface area contributed by atoms with Crippen LogP contribution in [0.25, 0.3) is 11.0 Å². The molecule has 25 heavy (non-hydrogen) atoms. The summed E-state index contributed by atoms with van der Waals surface area (Å²) < 4.78 is 15.3. The summed E-state index contributed by atoms with van der Waals surface area (Å²) in [5.41, 5.74) is 2.60. The van der Waals surface area contributed by atoms with Gasteiger partial charge < -0.3 is 10.4 Å². The van der Waals surface area contributed by atoms with Gasteiger partial charge in [-0.3, -0.25) is 9.48 Å². The van der Waals surface area contributed by atoms with Gasteiger partial charge in [0.05, 0.1) is 22.7 Å². The molecule has 130 valence electrons. The molecule has 0 radical (unpaired) electrons. The summed E-state index contributed by atoms with van der Waals surface area (Å²) in [5.74, 6) is -0.864. The zero-order chi connectivity index (χ0) is 18.1. The second-order valence-electron chi connectivity index (χ2n) is 5.97. The van der Waals surface area contributed by atoms with Crippen molar-refractivity contribution in [1.29, 1.82) is 0 Å². The van der Waals surface area contributed by atoms with E-state index in [1.165, 1.54) is 12.1 Å². The molecule has 1 atom stereocenters. The van der Waals surface area contributed by atoms with Crippen LogP contribution < -0.4 is 5.32 Å². The zero-order valence-corrected chi connectivity index (χ0v) is 14.2. The topological polar surface area (TPSA) is 80.0 Å². The first-order valence-electron chi connectivity index (χ1n) is 7.90. The van der Waals surface area contributed by atoms with Crippen LogP contribution in [0.4, 0.5) is 4.39 Å². The molecule has 0 bridgehead atoms. The summed E-state index contributed by atoms with van der Waals surface area (Å²) in [6.45, 7) is 3.51. The molecule has 1 aromatic carbocycles. The number of pyridine rings is 1. The van der Waals surface area contributed by atoms with Gasteiger partial charge in [-0.1, -0.05) is 18.2 Å². The van der Waals surface area contributed by atoms with Crippen LogP contribution in [0.15, 0.2) is 30.3 Å². The van der Waals surface area contributed by atoms with Crippen LogP contribution in [0.3, 0.4) is 0 Å². The number of hydrogen-bond donors (Lipinski definition) is 2. The number of rotatable bonds is 4. The molecule has 2 heterocycles. The molecule has 0 spiro atoms. The lowest BCUT2D eigenvalue weighted by Crippen LogP contribution is -2.29. The molecule has 0 saturated carbocycles. The van der Waals surface area contributed by atoms with Crippen molar-refractivity contribution in [3.8, 4) is 0 Å². The first-order chi connectivity index (χ1) is 11.9. The van der Waals surface area contributed by atoms with Crippen molar-refractivity contribution >= 4 is 16.9 Å². The van der Waals surface area contributed by atoms with E-state index in [4.69, 9.17) is 0 Å². The fraction of sp³-hybridized carbons (Fsp3) is 0.278. The number of aromatic nitrogens is 3. The average molecular weight is 342 g/mol. The summed E-state index contributed by atoms with van der Waals surface area (Å²) in [4.78, 5) is 17.0. The highest BCUT2D eigenvalue weighted by molar-refractivity contribution is 6.06. The fourth-order valence-electron chi connectivity index (χ4n) is 2.89. The highest BCUT2D eigenvalue weighted by Crippen LogP contribution is 2.22. The number of amides is 1. The van der Waals surface area contributed by atoms with Crippen molar-refractivity contribution in [2.45, 2.75) is 20.0 Å². The number of benzene rings is 1. The second kappa shape index (κ2) is 6.60. The van der Waals surface area contributed by atoms with E-state index in [2.05, 4.69) is 15.4 Å². The minimum absolute atomic E-state index is 0.0953. The van der Waals surface area contributed by atoms with Crippen molar-refractivity contribution < 1.29 is 14.3 Å².